The SMILES string of the molecule is C[C@@H](NCC1CC(c2ccccc2C(=O)O)c2ccccc2O1)c1cccc2ccccc12.Cl. The zero-order valence-electron chi connectivity index (χ0n) is 19.0. The lowest BCUT2D eigenvalue weighted by molar-refractivity contribution is 0.0694. The first kappa shape index (κ1) is 23.8. The molecule has 174 valence electrons. The summed E-state index contributed by atoms with van der Waals surface area (Å²) in [5.41, 5.74) is 3.50. The van der Waals surface area contributed by atoms with Crippen molar-refractivity contribution in [2.75, 3.05) is 6.54 Å². The summed E-state index contributed by atoms with van der Waals surface area (Å²) in [7, 11) is 0. The van der Waals surface area contributed by atoms with E-state index in [4.69, 9.17) is 4.74 Å². The molecule has 0 aromatic heterocycles. The van der Waals surface area contributed by atoms with E-state index >= 15 is 0 Å². The molecule has 5 heteroatoms. The van der Waals surface area contributed by atoms with Crippen molar-refractivity contribution < 1.29 is 14.6 Å². The second-order valence-electron chi connectivity index (χ2n) is 8.66. The Bertz CT molecular complexity index is 1300. The molecule has 0 fully saturated rings. The van der Waals surface area contributed by atoms with Crippen LogP contribution in [0.1, 0.15) is 52.4 Å². The van der Waals surface area contributed by atoms with E-state index in [0.717, 1.165) is 23.3 Å². The fraction of sp³-hybridized carbons (Fsp3) is 0.207. The van der Waals surface area contributed by atoms with Crippen LogP contribution in [0.25, 0.3) is 10.8 Å². The number of rotatable bonds is 6. The molecule has 0 amide bonds. The average Bonchev–Trinajstić information content (AvgIpc) is 2.86. The lowest BCUT2D eigenvalue weighted by atomic mass is 9.82. The summed E-state index contributed by atoms with van der Waals surface area (Å²) in [6.45, 7) is 2.85. The molecule has 4 aromatic rings. The minimum absolute atomic E-state index is 0. The maximum Gasteiger partial charge on any atom is 0.335 e. The third-order valence-electron chi connectivity index (χ3n) is 6.59. The number of halogens is 1. The Morgan fingerprint density at radius 2 is 1.62 bits per heavy atom. The lowest BCUT2D eigenvalue weighted by Gasteiger charge is -2.34. The van der Waals surface area contributed by atoms with Crippen LogP contribution >= 0.6 is 12.4 Å². The predicted octanol–water partition coefficient (Wildman–Crippen LogP) is 6.59. The molecule has 2 unspecified atom stereocenters. The van der Waals surface area contributed by atoms with Gasteiger partial charge in [0, 0.05) is 24.1 Å². The molecule has 2 N–H and O–H groups in total. The van der Waals surface area contributed by atoms with Gasteiger partial charge in [-0.15, -0.1) is 12.4 Å². The largest absolute Gasteiger partial charge is 0.489 e. The van der Waals surface area contributed by atoms with Crippen LogP contribution < -0.4 is 10.1 Å². The van der Waals surface area contributed by atoms with Gasteiger partial charge in [0.05, 0.1) is 5.56 Å². The lowest BCUT2D eigenvalue weighted by Crippen LogP contribution is -2.37. The number of nitrogens with one attached hydrogen (secondary N) is 1. The molecule has 1 aliphatic heterocycles. The normalized spacial score (nSPS) is 17.8. The summed E-state index contributed by atoms with van der Waals surface area (Å²) in [6.07, 6.45) is 0.653. The van der Waals surface area contributed by atoms with Gasteiger partial charge in [-0.2, -0.15) is 0 Å². The van der Waals surface area contributed by atoms with Crippen molar-refractivity contribution in [2.45, 2.75) is 31.4 Å². The van der Waals surface area contributed by atoms with Crippen LogP contribution in [-0.2, 0) is 0 Å². The van der Waals surface area contributed by atoms with Gasteiger partial charge in [0.15, 0.2) is 0 Å². The van der Waals surface area contributed by atoms with Crippen LogP contribution in [0.4, 0.5) is 0 Å². The van der Waals surface area contributed by atoms with Crippen molar-refractivity contribution in [1.29, 1.82) is 0 Å². The van der Waals surface area contributed by atoms with Gasteiger partial charge in [0.2, 0.25) is 0 Å². The number of carboxylic acid groups (broad SMARTS) is 1. The van der Waals surface area contributed by atoms with Crippen molar-refractivity contribution >= 4 is 29.1 Å². The molecule has 0 radical (unpaired) electrons. The molecule has 0 saturated heterocycles. The number of carbonyl (C=O) groups is 1. The van der Waals surface area contributed by atoms with Gasteiger partial charge in [0.1, 0.15) is 11.9 Å². The zero-order chi connectivity index (χ0) is 22.8. The van der Waals surface area contributed by atoms with Gasteiger partial charge in [-0.05, 0) is 47.4 Å². The molecule has 0 saturated carbocycles. The highest BCUT2D eigenvalue weighted by molar-refractivity contribution is 5.90. The fourth-order valence-corrected chi connectivity index (χ4v) is 4.95. The number of ether oxygens (including phenoxy) is 1. The molecular weight excluding hydrogens is 446 g/mol. The van der Waals surface area contributed by atoms with Gasteiger partial charge in [-0.25, -0.2) is 4.79 Å². The van der Waals surface area contributed by atoms with E-state index < -0.39 is 5.97 Å². The zero-order valence-corrected chi connectivity index (χ0v) is 19.8. The van der Waals surface area contributed by atoms with Gasteiger partial charge in [-0.3, -0.25) is 0 Å². The van der Waals surface area contributed by atoms with Crippen molar-refractivity contribution in [3.8, 4) is 5.75 Å². The number of hydrogen-bond acceptors (Lipinski definition) is 3. The van der Waals surface area contributed by atoms with E-state index in [0.29, 0.717) is 12.1 Å². The molecule has 1 heterocycles. The highest BCUT2D eigenvalue weighted by Crippen LogP contribution is 2.41. The number of hydrogen-bond donors (Lipinski definition) is 2. The summed E-state index contributed by atoms with van der Waals surface area (Å²) in [6, 6.07) is 30.3. The summed E-state index contributed by atoms with van der Waals surface area (Å²) in [4.78, 5) is 11.9. The van der Waals surface area contributed by atoms with E-state index in [1.54, 1.807) is 12.1 Å². The summed E-state index contributed by atoms with van der Waals surface area (Å²) >= 11 is 0. The Kier molecular flexibility index (Phi) is 7.20. The molecule has 5 rings (SSSR count). The van der Waals surface area contributed by atoms with Crippen LogP contribution in [-0.4, -0.2) is 23.7 Å². The number of aromatic carboxylic acids is 1. The van der Waals surface area contributed by atoms with E-state index in [1.165, 1.54) is 16.3 Å². The predicted molar refractivity (Wildman–Crippen MR) is 138 cm³/mol. The second kappa shape index (κ2) is 10.3. The minimum Gasteiger partial charge on any atom is -0.489 e. The van der Waals surface area contributed by atoms with Crippen LogP contribution in [0.5, 0.6) is 5.75 Å². The molecule has 0 spiro atoms. The Labute approximate surface area is 206 Å². The second-order valence-corrected chi connectivity index (χ2v) is 8.66. The highest BCUT2D eigenvalue weighted by Gasteiger charge is 2.31. The van der Waals surface area contributed by atoms with Gasteiger partial charge >= 0.3 is 5.97 Å². The van der Waals surface area contributed by atoms with E-state index in [9.17, 15) is 9.90 Å². The quantitative estimate of drug-likeness (QED) is 0.331. The molecule has 0 bridgehead atoms. The minimum atomic E-state index is -0.895. The Morgan fingerprint density at radius 3 is 2.44 bits per heavy atom. The van der Waals surface area contributed by atoms with E-state index in [1.807, 2.05) is 36.4 Å². The molecule has 4 nitrogen and oxygen atoms in total. The average molecular weight is 474 g/mol. The molecule has 1 aliphatic rings. The van der Waals surface area contributed by atoms with Crippen molar-refractivity contribution in [1.82, 2.24) is 5.32 Å². The maximum atomic E-state index is 11.9. The van der Waals surface area contributed by atoms with Crippen molar-refractivity contribution in [2.24, 2.45) is 0 Å². The van der Waals surface area contributed by atoms with E-state index in [-0.39, 0.29) is 30.5 Å². The van der Waals surface area contributed by atoms with Gasteiger partial charge < -0.3 is 15.2 Å². The molecule has 4 aromatic carbocycles. The van der Waals surface area contributed by atoms with Crippen LogP contribution in [0.3, 0.4) is 0 Å². The summed E-state index contributed by atoms with van der Waals surface area (Å²) < 4.78 is 6.35. The highest BCUT2D eigenvalue weighted by atomic mass is 35.5. The van der Waals surface area contributed by atoms with Gasteiger partial charge in [0.25, 0.3) is 0 Å². The number of para-hydroxylation sites is 1. The molecule has 3 atom stereocenters. The Balaban J connectivity index is 0.00000274. The third kappa shape index (κ3) is 4.65. The third-order valence-corrected chi connectivity index (χ3v) is 6.59. The van der Waals surface area contributed by atoms with Crippen molar-refractivity contribution in [3.05, 3.63) is 113 Å². The first-order chi connectivity index (χ1) is 16.1. The molecular formula is C29H28ClNO3. The Hall–Kier alpha value is -3.34. The van der Waals surface area contributed by atoms with E-state index in [2.05, 4.69) is 54.7 Å². The number of carboxylic acids is 1. The first-order valence-corrected chi connectivity index (χ1v) is 11.4. The van der Waals surface area contributed by atoms with Crippen molar-refractivity contribution in [3.63, 3.8) is 0 Å². The monoisotopic (exact) mass is 473 g/mol. The van der Waals surface area contributed by atoms with Gasteiger partial charge in [-0.1, -0.05) is 78.9 Å². The molecule has 0 aliphatic carbocycles. The fourth-order valence-electron chi connectivity index (χ4n) is 4.95. The van der Waals surface area contributed by atoms with Crippen LogP contribution in [0.15, 0.2) is 91.0 Å². The van der Waals surface area contributed by atoms with Crippen LogP contribution in [0, 0.1) is 0 Å². The Morgan fingerprint density at radius 1 is 0.941 bits per heavy atom. The number of fused-ring (bicyclic) bond motifs is 2. The number of benzene rings is 4. The van der Waals surface area contributed by atoms with Crippen LogP contribution in [0.2, 0.25) is 0 Å². The summed E-state index contributed by atoms with van der Waals surface area (Å²) in [5, 5.41) is 15.9. The molecule has 34 heavy (non-hydrogen) atoms. The maximum absolute atomic E-state index is 11.9. The smallest absolute Gasteiger partial charge is 0.335 e. The topological polar surface area (TPSA) is 58.6 Å². The summed E-state index contributed by atoms with van der Waals surface area (Å²) in [5.74, 6) is -0.0886. The first-order valence-electron chi connectivity index (χ1n) is 11.4. The standard InChI is InChI=1S/C29H27NO3.ClH/c1-19(22-15-8-10-20-9-2-3-11-23(20)22)30-18-21-17-27(25-13-6-7-16-28(25)33-21)24-12-4-5-14-26(24)29(31)32;/h2-16,19,21,27,30H,17-18H2,1H3,(H,31,32);1H/t19-,21?,27?;/m1./s1.